The molecular formula is C16H23N3O4. The van der Waals surface area contributed by atoms with E-state index in [-0.39, 0.29) is 11.9 Å². The van der Waals surface area contributed by atoms with Gasteiger partial charge in [-0.3, -0.25) is 4.79 Å². The summed E-state index contributed by atoms with van der Waals surface area (Å²) in [5.74, 6) is -0.551. The second kappa shape index (κ2) is 7.94. The molecule has 126 valence electrons. The predicted molar refractivity (Wildman–Crippen MR) is 84.9 cm³/mol. The largest absolute Gasteiger partial charge is 0.497 e. The van der Waals surface area contributed by atoms with E-state index < -0.39 is 18.1 Å². The van der Waals surface area contributed by atoms with Gasteiger partial charge in [-0.15, -0.1) is 0 Å². The zero-order valence-corrected chi connectivity index (χ0v) is 13.3. The number of benzene rings is 1. The minimum atomic E-state index is -1.00. The van der Waals surface area contributed by atoms with Crippen LogP contribution >= 0.6 is 0 Å². The van der Waals surface area contributed by atoms with Gasteiger partial charge in [0.25, 0.3) is 0 Å². The van der Waals surface area contributed by atoms with Crippen LogP contribution in [0.5, 0.6) is 5.75 Å². The molecule has 0 aliphatic carbocycles. The number of rotatable bonds is 7. The van der Waals surface area contributed by atoms with Crippen LogP contribution in [-0.4, -0.2) is 36.2 Å². The summed E-state index contributed by atoms with van der Waals surface area (Å²) in [7, 11) is 1.61. The van der Waals surface area contributed by atoms with Crippen LogP contribution in [0.25, 0.3) is 0 Å². The summed E-state index contributed by atoms with van der Waals surface area (Å²) in [6, 6.07) is 6.28. The third-order valence-corrected chi connectivity index (χ3v) is 3.91. The standard InChI is InChI=1S/C16H23N3O4/c1-3-5-12(16(21)22)17-15(20)14-9-13(18-19-14)10-6-4-7-11(8-10)23-2/h4,6-8,12-14,18-19H,3,5,9H2,1-2H3,(H,17,20)(H,21,22). The first-order valence-electron chi connectivity index (χ1n) is 7.73. The van der Waals surface area contributed by atoms with E-state index in [1.54, 1.807) is 7.11 Å². The van der Waals surface area contributed by atoms with Crippen LogP contribution in [-0.2, 0) is 9.59 Å². The van der Waals surface area contributed by atoms with E-state index in [0.717, 1.165) is 11.3 Å². The molecule has 7 nitrogen and oxygen atoms in total. The number of carbonyl (C=O) groups is 2. The lowest BCUT2D eigenvalue weighted by molar-refractivity contribution is -0.142. The quantitative estimate of drug-likeness (QED) is 0.597. The summed E-state index contributed by atoms with van der Waals surface area (Å²) in [5.41, 5.74) is 7.02. The highest BCUT2D eigenvalue weighted by Crippen LogP contribution is 2.25. The van der Waals surface area contributed by atoms with Crippen LogP contribution in [0, 0.1) is 0 Å². The zero-order valence-electron chi connectivity index (χ0n) is 13.3. The lowest BCUT2D eigenvalue weighted by atomic mass is 10.0. The molecule has 1 aromatic rings. The minimum absolute atomic E-state index is 0.0321. The molecule has 1 fully saturated rings. The monoisotopic (exact) mass is 321 g/mol. The number of hydrogen-bond donors (Lipinski definition) is 4. The maximum Gasteiger partial charge on any atom is 0.326 e. The summed E-state index contributed by atoms with van der Waals surface area (Å²) >= 11 is 0. The Bertz CT molecular complexity index is 564. The van der Waals surface area contributed by atoms with Crippen molar-refractivity contribution in [3.63, 3.8) is 0 Å². The summed E-state index contributed by atoms with van der Waals surface area (Å²) in [5, 5.41) is 11.7. The highest BCUT2D eigenvalue weighted by atomic mass is 16.5. The smallest absolute Gasteiger partial charge is 0.326 e. The van der Waals surface area contributed by atoms with Gasteiger partial charge < -0.3 is 15.2 Å². The fourth-order valence-corrected chi connectivity index (χ4v) is 2.62. The number of methoxy groups -OCH3 is 1. The van der Waals surface area contributed by atoms with Gasteiger partial charge in [0, 0.05) is 6.04 Å². The Balaban J connectivity index is 1.96. The van der Waals surface area contributed by atoms with E-state index >= 15 is 0 Å². The number of hydrogen-bond acceptors (Lipinski definition) is 5. The number of carbonyl (C=O) groups excluding carboxylic acids is 1. The van der Waals surface area contributed by atoms with Gasteiger partial charge in [0.15, 0.2) is 0 Å². The van der Waals surface area contributed by atoms with Crippen LogP contribution in [0.4, 0.5) is 0 Å². The minimum Gasteiger partial charge on any atom is -0.497 e. The molecule has 3 atom stereocenters. The first-order chi connectivity index (χ1) is 11.0. The molecule has 0 aromatic heterocycles. The van der Waals surface area contributed by atoms with Crippen molar-refractivity contribution < 1.29 is 19.4 Å². The molecule has 0 spiro atoms. The lowest BCUT2D eigenvalue weighted by Gasteiger charge is -2.16. The molecule has 7 heteroatoms. The van der Waals surface area contributed by atoms with Crippen LogP contribution < -0.4 is 20.9 Å². The van der Waals surface area contributed by atoms with Crippen LogP contribution in [0.2, 0.25) is 0 Å². The van der Waals surface area contributed by atoms with Gasteiger partial charge in [-0.1, -0.05) is 25.5 Å². The Morgan fingerprint density at radius 2 is 2.22 bits per heavy atom. The number of hydrazine groups is 1. The van der Waals surface area contributed by atoms with E-state index in [1.165, 1.54) is 0 Å². The van der Waals surface area contributed by atoms with E-state index in [4.69, 9.17) is 9.84 Å². The molecule has 1 aromatic carbocycles. The van der Waals surface area contributed by atoms with Gasteiger partial charge >= 0.3 is 5.97 Å². The first kappa shape index (κ1) is 17.2. The second-order valence-corrected chi connectivity index (χ2v) is 5.59. The Morgan fingerprint density at radius 1 is 1.43 bits per heavy atom. The van der Waals surface area contributed by atoms with Crippen molar-refractivity contribution in [1.82, 2.24) is 16.2 Å². The van der Waals surface area contributed by atoms with E-state index in [0.29, 0.717) is 19.3 Å². The SMILES string of the molecule is CCCC(NC(=O)C1CC(c2cccc(OC)c2)NN1)C(=O)O. The Hall–Kier alpha value is -2.12. The molecule has 1 amide bonds. The fourth-order valence-electron chi connectivity index (χ4n) is 2.62. The van der Waals surface area contributed by atoms with Gasteiger partial charge in [0.1, 0.15) is 17.8 Å². The first-order valence-corrected chi connectivity index (χ1v) is 7.73. The van der Waals surface area contributed by atoms with E-state index in [9.17, 15) is 9.59 Å². The Morgan fingerprint density at radius 3 is 2.87 bits per heavy atom. The third-order valence-electron chi connectivity index (χ3n) is 3.91. The second-order valence-electron chi connectivity index (χ2n) is 5.59. The van der Waals surface area contributed by atoms with Gasteiger partial charge in [-0.05, 0) is 30.5 Å². The number of carboxylic acids is 1. The zero-order chi connectivity index (χ0) is 16.8. The summed E-state index contributed by atoms with van der Waals surface area (Å²) in [6.45, 7) is 1.89. The molecule has 1 aliphatic heterocycles. The average Bonchev–Trinajstić information content (AvgIpc) is 3.04. The number of nitrogens with one attached hydrogen (secondary N) is 3. The third kappa shape index (κ3) is 4.43. The van der Waals surface area contributed by atoms with Gasteiger partial charge in [0.05, 0.1) is 7.11 Å². The van der Waals surface area contributed by atoms with Crippen molar-refractivity contribution in [2.24, 2.45) is 0 Å². The van der Waals surface area contributed by atoms with Crippen molar-refractivity contribution in [1.29, 1.82) is 0 Å². The van der Waals surface area contributed by atoms with Crippen LogP contribution in [0.15, 0.2) is 24.3 Å². The fraction of sp³-hybridized carbons (Fsp3) is 0.500. The molecule has 2 rings (SSSR count). The Kier molecular flexibility index (Phi) is 5.95. The van der Waals surface area contributed by atoms with Crippen molar-refractivity contribution in [2.45, 2.75) is 44.3 Å². The van der Waals surface area contributed by atoms with Crippen molar-refractivity contribution in [3.8, 4) is 5.75 Å². The van der Waals surface area contributed by atoms with E-state index in [1.807, 2.05) is 31.2 Å². The maximum atomic E-state index is 12.2. The maximum absolute atomic E-state index is 12.2. The molecule has 1 heterocycles. The number of aliphatic carboxylic acids is 1. The van der Waals surface area contributed by atoms with Crippen LogP contribution in [0.1, 0.15) is 37.8 Å². The molecule has 4 N–H and O–H groups in total. The van der Waals surface area contributed by atoms with Gasteiger partial charge in [-0.25, -0.2) is 15.6 Å². The number of carboxylic acid groups (broad SMARTS) is 1. The predicted octanol–water partition coefficient (Wildman–Crippen LogP) is 0.972. The summed E-state index contributed by atoms with van der Waals surface area (Å²) in [4.78, 5) is 23.4. The highest BCUT2D eigenvalue weighted by Gasteiger charge is 2.32. The van der Waals surface area contributed by atoms with Crippen molar-refractivity contribution in [3.05, 3.63) is 29.8 Å². The highest BCUT2D eigenvalue weighted by molar-refractivity contribution is 5.87. The van der Waals surface area contributed by atoms with Crippen molar-refractivity contribution >= 4 is 11.9 Å². The molecule has 0 saturated carbocycles. The summed E-state index contributed by atoms with van der Waals surface area (Å²) < 4.78 is 5.20. The Labute approximate surface area is 135 Å². The van der Waals surface area contributed by atoms with Gasteiger partial charge in [0.2, 0.25) is 5.91 Å². The normalized spacial score (nSPS) is 21.7. The van der Waals surface area contributed by atoms with Gasteiger partial charge in [-0.2, -0.15) is 0 Å². The molecule has 23 heavy (non-hydrogen) atoms. The average molecular weight is 321 g/mol. The molecular weight excluding hydrogens is 298 g/mol. The lowest BCUT2D eigenvalue weighted by Crippen LogP contribution is -2.49. The molecule has 1 aliphatic rings. The molecule has 0 bridgehead atoms. The molecule has 0 radical (unpaired) electrons. The van der Waals surface area contributed by atoms with E-state index in [2.05, 4.69) is 16.2 Å². The number of amides is 1. The molecule has 1 saturated heterocycles. The number of ether oxygens (including phenoxy) is 1. The van der Waals surface area contributed by atoms with Crippen molar-refractivity contribution in [2.75, 3.05) is 7.11 Å². The summed E-state index contributed by atoms with van der Waals surface area (Å²) in [6.07, 6.45) is 1.65. The topological polar surface area (TPSA) is 99.7 Å². The molecule has 3 unspecified atom stereocenters. The van der Waals surface area contributed by atoms with Crippen LogP contribution in [0.3, 0.4) is 0 Å².